The lowest BCUT2D eigenvalue weighted by Crippen LogP contribution is -2.18. The Morgan fingerprint density at radius 3 is 3.00 bits per heavy atom. The number of aliphatic carboxylic acids is 1. The largest absolute Gasteiger partial charge is 0.479 e. The van der Waals surface area contributed by atoms with Crippen LogP contribution in [0.1, 0.15) is 50.9 Å². The molecule has 6 nitrogen and oxygen atoms in total. The summed E-state index contributed by atoms with van der Waals surface area (Å²) >= 11 is 1.77. The average molecular weight is 286 g/mol. The second-order valence-corrected chi connectivity index (χ2v) is 6.03. The first-order valence-electron chi connectivity index (χ1n) is 6.42. The van der Waals surface area contributed by atoms with Crippen LogP contribution in [-0.4, -0.2) is 32.6 Å². The molecule has 0 amide bonds. The van der Waals surface area contributed by atoms with E-state index in [1.54, 1.807) is 11.8 Å². The number of thioether (sulfide) groups is 1. The zero-order valence-corrected chi connectivity index (χ0v) is 11.9. The Hall–Kier alpha value is -1.08. The lowest BCUT2D eigenvalue weighted by Gasteiger charge is -2.06. The van der Waals surface area contributed by atoms with Gasteiger partial charge in [-0.1, -0.05) is 19.0 Å². The van der Waals surface area contributed by atoms with Crippen molar-refractivity contribution in [3.05, 3.63) is 11.7 Å². The molecule has 1 fully saturated rings. The number of hydrogen-bond acceptors (Lipinski definition) is 6. The molecule has 0 spiro atoms. The summed E-state index contributed by atoms with van der Waals surface area (Å²) in [6.07, 6.45) is 1.06. The van der Waals surface area contributed by atoms with Crippen molar-refractivity contribution >= 4 is 17.7 Å². The van der Waals surface area contributed by atoms with Crippen molar-refractivity contribution in [2.45, 2.75) is 56.3 Å². The van der Waals surface area contributed by atoms with E-state index in [0.717, 1.165) is 6.42 Å². The summed E-state index contributed by atoms with van der Waals surface area (Å²) in [5.74, 6) is 0.800. The van der Waals surface area contributed by atoms with Crippen LogP contribution < -0.4 is 0 Å². The van der Waals surface area contributed by atoms with Gasteiger partial charge in [0.2, 0.25) is 0 Å². The number of carbonyl (C=O) groups is 1. The molecule has 1 aliphatic heterocycles. The number of carboxylic acid groups (broad SMARTS) is 1. The molecule has 0 aliphatic carbocycles. The number of nitrogens with zero attached hydrogens (tertiary/aromatic N) is 2. The molecule has 0 bridgehead atoms. The van der Waals surface area contributed by atoms with E-state index in [9.17, 15) is 4.79 Å². The zero-order valence-electron chi connectivity index (χ0n) is 11.0. The molecule has 7 heteroatoms. The molecule has 1 saturated heterocycles. The lowest BCUT2D eigenvalue weighted by molar-refractivity contribution is -0.150. The highest BCUT2D eigenvalue weighted by Gasteiger charge is 2.34. The van der Waals surface area contributed by atoms with E-state index in [-0.39, 0.29) is 6.10 Å². The summed E-state index contributed by atoms with van der Waals surface area (Å²) in [6, 6.07) is 0. The van der Waals surface area contributed by atoms with Crippen molar-refractivity contribution < 1.29 is 19.2 Å². The number of aromatic nitrogens is 2. The third kappa shape index (κ3) is 3.70. The normalized spacial score (nSPS) is 24.5. The third-order valence-corrected chi connectivity index (χ3v) is 4.45. The smallest absolute Gasteiger partial charge is 0.332 e. The summed E-state index contributed by atoms with van der Waals surface area (Å²) in [5, 5.41) is 13.3. The molecule has 0 aromatic carbocycles. The highest BCUT2D eigenvalue weighted by Crippen LogP contribution is 2.32. The monoisotopic (exact) mass is 286 g/mol. The van der Waals surface area contributed by atoms with Crippen LogP contribution in [0.4, 0.5) is 0 Å². The van der Waals surface area contributed by atoms with E-state index in [1.165, 1.54) is 0 Å². The zero-order chi connectivity index (χ0) is 13.8. The second kappa shape index (κ2) is 6.38. The van der Waals surface area contributed by atoms with Crippen LogP contribution in [0.5, 0.6) is 0 Å². The van der Waals surface area contributed by atoms with Crippen LogP contribution in [-0.2, 0) is 15.3 Å². The number of carboxylic acids is 1. The molecule has 19 heavy (non-hydrogen) atoms. The van der Waals surface area contributed by atoms with Gasteiger partial charge in [-0.25, -0.2) is 4.79 Å². The standard InChI is InChI=1S/C12H18N2O4S/c1-3-7(2)19-6-10-13-11(18-14-10)8-4-5-9(17-8)12(15)16/h7-9H,3-6H2,1-2H3,(H,15,16). The van der Waals surface area contributed by atoms with E-state index in [4.69, 9.17) is 14.4 Å². The van der Waals surface area contributed by atoms with Gasteiger partial charge in [0.15, 0.2) is 11.9 Å². The average Bonchev–Trinajstić information content (AvgIpc) is 3.04. The minimum atomic E-state index is -0.936. The summed E-state index contributed by atoms with van der Waals surface area (Å²) in [7, 11) is 0. The highest BCUT2D eigenvalue weighted by atomic mass is 32.2. The Labute approximate surface area is 115 Å². The van der Waals surface area contributed by atoms with Crippen LogP contribution in [0.2, 0.25) is 0 Å². The van der Waals surface area contributed by atoms with Crippen LogP contribution in [0.25, 0.3) is 0 Å². The Balaban J connectivity index is 1.89. The predicted molar refractivity (Wildman–Crippen MR) is 69.8 cm³/mol. The van der Waals surface area contributed by atoms with E-state index >= 15 is 0 Å². The number of rotatable bonds is 6. The molecule has 1 N–H and O–H groups in total. The van der Waals surface area contributed by atoms with Gasteiger partial charge in [-0.15, -0.1) is 0 Å². The molecule has 2 heterocycles. The Bertz CT molecular complexity index is 437. The molecule has 106 valence electrons. The Morgan fingerprint density at radius 1 is 1.58 bits per heavy atom. The molecule has 1 aromatic rings. The van der Waals surface area contributed by atoms with Crippen molar-refractivity contribution in [3.8, 4) is 0 Å². The molecular weight excluding hydrogens is 268 g/mol. The van der Waals surface area contributed by atoms with Gasteiger partial charge in [0, 0.05) is 5.25 Å². The van der Waals surface area contributed by atoms with Crippen LogP contribution >= 0.6 is 11.8 Å². The molecule has 0 radical (unpaired) electrons. The Kier molecular flexibility index (Phi) is 4.81. The molecule has 2 rings (SSSR count). The molecule has 3 unspecified atom stereocenters. The van der Waals surface area contributed by atoms with Gasteiger partial charge in [0.1, 0.15) is 6.10 Å². The van der Waals surface area contributed by atoms with Gasteiger partial charge in [0.25, 0.3) is 5.89 Å². The van der Waals surface area contributed by atoms with E-state index in [1.807, 2.05) is 0 Å². The quantitative estimate of drug-likeness (QED) is 0.859. The van der Waals surface area contributed by atoms with Crippen LogP contribution in [0.15, 0.2) is 4.52 Å². The van der Waals surface area contributed by atoms with Gasteiger partial charge < -0.3 is 14.4 Å². The molecule has 1 aliphatic rings. The summed E-state index contributed by atoms with van der Waals surface area (Å²) in [6.45, 7) is 4.29. The maximum absolute atomic E-state index is 10.8. The number of ether oxygens (including phenoxy) is 1. The topological polar surface area (TPSA) is 85.5 Å². The van der Waals surface area contributed by atoms with Gasteiger partial charge in [-0.3, -0.25) is 0 Å². The van der Waals surface area contributed by atoms with Crippen molar-refractivity contribution in [3.63, 3.8) is 0 Å². The highest BCUT2D eigenvalue weighted by molar-refractivity contribution is 7.99. The lowest BCUT2D eigenvalue weighted by atomic mass is 10.2. The third-order valence-electron chi connectivity index (χ3n) is 3.13. The van der Waals surface area contributed by atoms with Gasteiger partial charge in [-0.2, -0.15) is 16.7 Å². The van der Waals surface area contributed by atoms with Crippen molar-refractivity contribution in [1.29, 1.82) is 0 Å². The molecular formula is C12H18N2O4S. The van der Waals surface area contributed by atoms with Gasteiger partial charge in [-0.05, 0) is 19.3 Å². The minimum absolute atomic E-state index is 0.379. The van der Waals surface area contributed by atoms with Crippen LogP contribution in [0, 0.1) is 0 Å². The van der Waals surface area contributed by atoms with Crippen molar-refractivity contribution in [1.82, 2.24) is 10.1 Å². The first-order chi connectivity index (χ1) is 9.10. The first-order valence-corrected chi connectivity index (χ1v) is 7.47. The second-order valence-electron chi connectivity index (χ2n) is 4.61. The molecule has 0 saturated carbocycles. The van der Waals surface area contributed by atoms with E-state index < -0.39 is 12.1 Å². The summed E-state index contributed by atoms with van der Waals surface area (Å²) < 4.78 is 10.5. The maximum Gasteiger partial charge on any atom is 0.332 e. The molecule has 1 aromatic heterocycles. The minimum Gasteiger partial charge on any atom is -0.479 e. The molecule has 3 atom stereocenters. The number of hydrogen-bond donors (Lipinski definition) is 1. The maximum atomic E-state index is 10.8. The SMILES string of the molecule is CCC(C)SCc1noc(C2CCC(C(=O)O)O2)n1. The van der Waals surface area contributed by atoms with Crippen molar-refractivity contribution in [2.24, 2.45) is 0 Å². The Morgan fingerprint density at radius 2 is 2.37 bits per heavy atom. The summed E-state index contributed by atoms with van der Waals surface area (Å²) in [4.78, 5) is 15.1. The van der Waals surface area contributed by atoms with Gasteiger partial charge >= 0.3 is 5.97 Å². The summed E-state index contributed by atoms with van der Waals surface area (Å²) in [5.41, 5.74) is 0. The van der Waals surface area contributed by atoms with Crippen molar-refractivity contribution in [2.75, 3.05) is 0 Å². The van der Waals surface area contributed by atoms with Gasteiger partial charge in [0.05, 0.1) is 5.75 Å². The predicted octanol–water partition coefficient (Wildman–Crippen LogP) is 2.41. The van der Waals surface area contributed by atoms with Crippen LogP contribution in [0.3, 0.4) is 0 Å². The first kappa shape index (κ1) is 14.3. The fourth-order valence-electron chi connectivity index (χ4n) is 1.79. The fourth-order valence-corrected chi connectivity index (χ4v) is 2.58. The van der Waals surface area contributed by atoms with E-state index in [0.29, 0.717) is 35.6 Å². The van der Waals surface area contributed by atoms with E-state index in [2.05, 4.69) is 24.0 Å². The fraction of sp³-hybridized carbons (Fsp3) is 0.750.